The topological polar surface area (TPSA) is 111 Å². The molecule has 3 amide bonds. The number of hydrogen-bond donors (Lipinski definition) is 1. The predicted octanol–water partition coefficient (Wildman–Crippen LogP) is 4.71. The first kappa shape index (κ1) is 27.8. The summed E-state index contributed by atoms with van der Waals surface area (Å²) in [5.74, 6) is -0.796. The van der Waals surface area contributed by atoms with Crippen molar-refractivity contribution < 1.29 is 33.4 Å². The molecule has 37 heavy (non-hydrogen) atoms. The molecule has 1 aliphatic rings. The van der Waals surface area contributed by atoms with E-state index in [-0.39, 0.29) is 23.5 Å². The van der Waals surface area contributed by atoms with Crippen LogP contribution in [-0.4, -0.2) is 53.8 Å². The molecule has 0 atom stereocenters. The summed E-state index contributed by atoms with van der Waals surface area (Å²) in [5.41, 5.74) is 3.36. The summed E-state index contributed by atoms with van der Waals surface area (Å²) in [5, 5.41) is 2.29. The third kappa shape index (κ3) is 7.60. The first-order valence-corrected chi connectivity index (χ1v) is 12.6. The summed E-state index contributed by atoms with van der Waals surface area (Å²) in [7, 11) is 0. The van der Waals surface area contributed by atoms with Crippen LogP contribution in [0.2, 0.25) is 0 Å². The molecule has 3 rings (SSSR count). The summed E-state index contributed by atoms with van der Waals surface area (Å²) in [6.45, 7) is 8.77. The number of ether oxygens (including phenoxy) is 3. The number of benzene rings is 2. The Bertz CT molecular complexity index is 1240. The Hall–Kier alpha value is -3.79. The van der Waals surface area contributed by atoms with Crippen molar-refractivity contribution in [2.24, 2.45) is 0 Å². The van der Waals surface area contributed by atoms with Gasteiger partial charge < -0.3 is 19.5 Å². The second-order valence-corrected chi connectivity index (χ2v) is 9.59. The number of aryl methyl sites for hydroxylation is 2. The van der Waals surface area contributed by atoms with E-state index in [1.54, 1.807) is 32.0 Å². The Morgan fingerprint density at radius 2 is 1.81 bits per heavy atom. The fourth-order valence-electron chi connectivity index (χ4n) is 3.50. The number of carbonyl (C=O) groups excluding carboxylic acids is 4. The van der Waals surface area contributed by atoms with Crippen LogP contribution in [0, 0.1) is 13.8 Å². The van der Waals surface area contributed by atoms with E-state index in [1.807, 2.05) is 39.0 Å². The molecular weight excluding hydrogens is 496 g/mol. The summed E-state index contributed by atoms with van der Waals surface area (Å²) in [4.78, 5) is 50.3. The van der Waals surface area contributed by atoms with E-state index in [0.29, 0.717) is 29.4 Å². The number of anilines is 1. The van der Waals surface area contributed by atoms with Crippen molar-refractivity contribution in [1.29, 1.82) is 0 Å². The molecule has 0 aliphatic carbocycles. The van der Waals surface area contributed by atoms with Crippen molar-refractivity contribution in [3.63, 3.8) is 0 Å². The van der Waals surface area contributed by atoms with Crippen LogP contribution in [0.25, 0.3) is 6.08 Å². The zero-order valence-corrected chi connectivity index (χ0v) is 22.3. The first-order valence-electron chi connectivity index (χ1n) is 11.8. The van der Waals surface area contributed by atoms with Crippen molar-refractivity contribution in [1.82, 2.24) is 4.90 Å². The van der Waals surface area contributed by atoms with Crippen LogP contribution >= 0.6 is 11.8 Å². The van der Waals surface area contributed by atoms with Crippen molar-refractivity contribution in [2.45, 2.75) is 40.7 Å². The molecule has 0 spiro atoms. The Balaban J connectivity index is 1.69. The lowest BCUT2D eigenvalue weighted by atomic mass is 10.1. The van der Waals surface area contributed by atoms with Gasteiger partial charge in [0.05, 0.1) is 17.6 Å². The van der Waals surface area contributed by atoms with Crippen LogP contribution in [0.5, 0.6) is 11.5 Å². The zero-order chi connectivity index (χ0) is 27.1. The third-order valence-electron chi connectivity index (χ3n) is 5.11. The van der Waals surface area contributed by atoms with E-state index in [0.717, 1.165) is 27.8 Å². The summed E-state index contributed by atoms with van der Waals surface area (Å²) >= 11 is 0.744. The minimum atomic E-state index is -0.653. The average Bonchev–Trinajstić information content (AvgIpc) is 3.07. The van der Waals surface area contributed by atoms with E-state index in [4.69, 9.17) is 14.2 Å². The van der Waals surface area contributed by atoms with Gasteiger partial charge in [0.25, 0.3) is 17.1 Å². The second-order valence-electron chi connectivity index (χ2n) is 8.60. The van der Waals surface area contributed by atoms with Gasteiger partial charge in [0.1, 0.15) is 6.54 Å². The average molecular weight is 527 g/mol. The van der Waals surface area contributed by atoms with Gasteiger partial charge in [-0.15, -0.1) is 0 Å². The molecule has 1 fully saturated rings. The number of thioether (sulfide) groups is 1. The molecule has 1 saturated heterocycles. The Morgan fingerprint density at radius 1 is 1.05 bits per heavy atom. The molecule has 0 bridgehead atoms. The van der Waals surface area contributed by atoms with E-state index in [1.165, 1.54) is 6.08 Å². The van der Waals surface area contributed by atoms with Gasteiger partial charge in [0.2, 0.25) is 0 Å². The maximum atomic E-state index is 12.7. The van der Waals surface area contributed by atoms with Gasteiger partial charge in [-0.05, 0) is 81.8 Å². The van der Waals surface area contributed by atoms with Gasteiger partial charge in [-0.3, -0.25) is 24.1 Å². The van der Waals surface area contributed by atoms with Crippen LogP contribution in [0.1, 0.15) is 37.5 Å². The molecule has 0 aromatic heterocycles. The van der Waals surface area contributed by atoms with E-state index < -0.39 is 23.7 Å². The van der Waals surface area contributed by atoms with Crippen LogP contribution in [-0.2, 0) is 19.1 Å². The van der Waals surface area contributed by atoms with Gasteiger partial charge in [-0.25, -0.2) is 0 Å². The number of amides is 3. The minimum absolute atomic E-state index is 0.173. The number of nitrogens with one attached hydrogen (secondary N) is 1. The highest BCUT2D eigenvalue weighted by Crippen LogP contribution is 2.34. The van der Waals surface area contributed by atoms with Crippen molar-refractivity contribution in [3.05, 3.63) is 58.0 Å². The lowest BCUT2D eigenvalue weighted by molar-refractivity contribution is -0.149. The van der Waals surface area contributed by atoms with Crippen LogP contribution in [0.4, 0.5) is 10.5 Å². The van der Waals surface area contributed by atoms with Crippen LogP contribution in [0.3, 0.4) is 0 Å². The van der Waals surface area contributed by atoms with Crippen molar-refractivity contribution in [3.8, 4) is 11.5 Å². The highest BCUT2D eigenvalue weighted by molar-refractivity contribution is 8.18. The van der Waals surface area contributed by atoms with Crippen molar-refractivity contribution >= 4 is 46.5 Å². The maximum absolute atomic E-state index is 12.7. The Morgan fingerprint density at radius 3 is 2.49 bits per heavy atom. The minimum Gasteiger partial charge on any atom is -0.490 e. The molecule has 1 aliphatic heterocycles. The summed E-state index contributed by atoms with van der Waals surface area (Å²) in [6, 6.07) is 10.7. The number of hydrogen-bond acceptors (Lipinski definition) is 8. The zero-order valence-electron chi connectivity index (χ0n) is 21.5. The molecule has 2 aromatic carbocycles. The molecule has 196 valence electrons. The smallest absolute Gasteiger partial charge is 0.326 e. The van der Waals surface area contributed by atoms with E-state index in [9.17, 15) is 19.2 Å². The van der Waals surface area contributed by atoms with Crippen molar-refractivity contribution in [2.75, 3.05) is 25.1 Å². The Kier molecular flexibility index (Phi) is 9.35. The van der Waals surface area contributed by atoms with Gasteiger partial charge in [-0.1, -0.05) is 23.8 Å². The molecule has 0 saturated carbocycles. The molecule has 2 aromatic rings. The molecule has 10 heteroatoms. The number of rotatable bonds is 10. The molecule has 1 heterocycles. The van der Waals surface area contributed by atoms with Crippen LogP contribution in [0.15, 0.2) is 41.3 Å². The highest BCUT2D eigenvalue weighted by atomic mass is 32.2. The molecule has 0 unspecified atom stereocenters. The number of carbonyl (C=O) groups is 4. The highest BCUT2D eigenvalue weighted by Gasteiger charge is 2.36. The Labute approximate surface area is 220 Å². The lowest BCUT2D eigenvalue weighted by Gasteiger charge is -2.14. The van der Waals surface area contributed by atoms with E-state index in [2.05, 4.69) is 5.32 Å². The molecule has 1 N–H and O–H groups in total. The monoisotopic (exact) mass is 526 g/mol. The summed E-state index contributed by atoms with van der Waals surface area (Å²) in [6.07, 6.45) is 1.19. The number of esters is 1. The number of imide groups is 1. The largest absolute Gasteiger partial charge is 0.490 e. The lowest BCUT2D eigenvalue weighted by Crippen LogP contribution is -2.35. The first-order chi connectivity index (χ1) is 17.6. The normalized spacial score (nSPS) is 14.3. The third-order valence-corrected chi connectivity index (χ3v) is 6.02. The second kappa shape index (κ2) is 12.4. The van der Waals surface area contributed by atoms with Crippen LogP contribution < -0.4 is 14.8 Å². The van der Waals surface area contributed by atoms with Gasteiger partial charge in [0.15, 0.2) is 18.1 Å². The quantitative estimate of drug-likeness (QED) is 0.350. The predicted molar refractivity (Wildman–Crippen MR) is 142 cm³/mol. The maximum Gasteiger partial charge on any atom is 0.326 e. The standard InChI is InChI=1S/C27H30N2O7S/c1-6-34-22-12-19(13-23-26(32)29(27(33)37-23)14-25(31)36-16(2)3)8-10-21(22)35-15-24(30)28-20-9-7-17(4)11-18(20)5/h7-13,16H,6,14-15H2,1-5H3,(H,28,30)/b23-13-. The van der Waals surface area contributed by atoms with Gasteiger partial charge >= 0.3 is 5.97 Å². The molecule has 9 nitrogen and oxygen atoms in total. The summed E-state index contributed by atoms with van der Waals surface area (Å²) < 4.78 is 16.4. The molecular formula is C27H30N2O7S. The fourth-order valence-corrected chi connectivity index (χ4v) is 4.34. The van der Waals surface area contributed by atoms with Gasteiger partial charge in [-0.2, -0.15) is 0 Å². The number of nitrogens with zero attached hydrogens (tertiary/aromatic N) is 1. The molecule has 0 radical (unpaired) electrons. The SMILES string of the molecule is CCOc1cc(/C=C2\SC(=O)N(CC(=O)OC(C)C)C2=O)ccc1OCC(=O)Nc1ccc(C)cc1C. The van der Waals surface area contributed by atoms with Gasteiger partial charge in [0, 0.05) is 5.69 Å². The van der Waals surface area contributed by atoms with E-state index >= 15 is 0 Å². The fraction of sp³-hybridized carbons (Fsp3) is 0.333.